The molecular formula is C19H26S. The normalized spacial score (nSPS) is 13.6. The molecular weight excluding hydrogens is 260 g/mol. The SMILES string of the molecule is C=C/C=C/CC/C(=C/C=C\C(=C)C)C(C)SC(=C)C=C. The van der Waals surface area contributed by atoms with Crippen LogP contribution >= 0.6 is 11.8 Å². The Bertz CT molecular complexity index is 433. The molecule has 0 spiro atoms. The van der Waals surface area contributed by atoms with Crippen LogP contribution < -0.4 is 0 Å². The van der Waals surface area contributed by atoms with Crippen LogP contribution in [0.4, 0.5) is 0 Å². The van der Waals surface area contributed by atoms with Crippen LogP contribution in [0, 0.1) is 0 Å². The monoisotopic (exact) mass is 286 g/mol. The Kier molecular flexibility index (Phi) is 10.5. The standard InChI is InChI=1S/C19H26S/c1-7-9-10-11-14-19(15-12-13-16(3)4)18(6)20-17(5)8-2/h7-10,12-13,15,18H,1-3,5,11,14H2,4,6H3/b10-9+,13-12-,19-15-. The number of allylic oxidation sites excluding steroid dienone is 8. The van der Waals surface area contributed by atoms with Crippen molar-refractivity contribution >= 4 is 11.8 Å². The zero-order valence-corrected chi connectivity index (χ0v) is 13.6. The third kappa shape index (κ3) is 9.46. The van der Waals surface area contributed by atoms with Gasteiger partial charge in [0.15, 0.2) is 0 Å². The molecule has 108 valence electrons. The minimum Gasteiger partial charge on any atom is -0.119 e. The van der Waals surface area contributed by atoms with Gasteiger partial charge in [-0.15, -0.1) is 11.8 Å². The minimum absolute atomic E-state index is 0.396. The summed E-state index contributed by atoms with van der Waals surface area (Å²) in [6, 6.07) is 0. The summed E-state index contributed by atoms with van der Waals surface area (Å²) in [6.45, 7) is 19.5. The van der Waals surface area contributed by atoms with Gasteiger partial charge in [-0.2, -0.15) is 0 Å². The van der Waals surface area contributed by atoms with E-state index in [1.807, 2.05) is 25.2 Å². The summed E-state index contributed by atoms with van der Waals surface area (Å²) < 4.78 is 0. The van der Waals surface area contributed by atoms with Gasteiger partial charge in [0.1, 0.15) is 0 Å². The molecule has 0 saturated carbocycles. The topological polar surface area (TPSA) is 0 Å². The average Bonchev–Trinajstić information content (AvgIpc) is 2.40. The van der Waals surface area contributed by atoms with Gasteiger partial charge in [-0.1, -0.05) is 80.0 Å². The highest BCUT2D eigenvalue weighted by Gasteiger charge is 2.08. The molecule has 0 aromatic heterocycles. The van der Waals surface area contributed by atoms with Crippen molar-refractivity contribution in [2.75, 3.05) is 0 Å². The number of hydrogen-bond acceptors (Lipinski definition) is 1. The molecule has 0 aromatic rings. The van der Waals surface area contributed by atoms with Crippen LogP contribution in [-0.2, 0) is 0 Å². The summed E-state index contributed by atoms with van der Waals surface area (Å²) in [4.78, 5) is 1.01. The number of thioether (sulfide) groups is 1. The third-order valence-electron chi connectivity index (χ3n) is 2.64. The van der Waals surface area contributed by atoms with Crippen molar-refractivity contribution in [3.8, 4) is 0 Å². The molecule has 0 saturated heterocycles. The van der Waals surface area contributed by atoms with E-state index in [1.165, 1.54) is 5.57 Å². The van der Waals surface area contributed by atoms with E-state index >= 15 is 0 Å². The Hall–Kier alpha value is -1.47. The van der Waals surface area contributed by atoms with Gasteiger partial charge >= 0.3 is 0 Å². The minimum atomic E-state index is 0.396. The van der Waals surface area contributed by atoms with Crippen LogP contribution in [0.1, 0.15) is 26.7 Å². The van der Waals surface area contributed by atoms with Crippen molar-refractivity contribution in [3.63, 3.8) is 0 Å². The molecule has 0 nitrogen and oxygen atoms in total. The van der Waals surface area contributed by atoms with E-state index in [4.69, 9.17) is 0 Å². The van der Waals surface area contributed by atoms with Crippen molar-refractivity contribution in [2.45, 2.75) is 31.9 Å². The lowest BCUT2D eigenvalue weighted by molar-refractivity contribution is 0.920. The molecule has 1 atom stereocenters. The Morgan fingerprint density at radius 1 is 1.20 bits per heavy atom. The second-order valence-electron chi connectivity index (χ2n) is 4.58. The quantitative estimate of drug-likeness (QED) is 0.419. The smallest absolute Gasteiger partial charge is 0.0278 e. The Balaban J connectivity index is 4.79. The average molecular weight is 286 g/mol. The highest BCUT2D eigenvalue weighted by Crippen LogP contribution is 2.28. The predicted molar refractivity (Wildman–Crippen MR) is 97.0 cm³/mol. The lowest BCUT2D eigenvalue weighted by Gasteiger charge is -2.15. The highest BCUT2D eigenvalue weighted by molar-refractivity contribution is 8.04. The Labute approximate surface area is 129 Å². The maximum absolute atomic E-state index is 3.97. The summed E-state index contributed by atoms with van der Waals surface area (Å²) in [5.41, 5.74) is 2.45. The molecule has 0 aliphatic carbocycles. The lowest BCUT2D eigenvalue weighted by atomic mass is 10.1. The van der Waals surface area contributed by atoms with E-state index in [0.29, 0.717) is 5.25 Å². The fraction of sp³-hybridized carbons (Fsp3) is 0.263. The fourth-order valence-corrected chi connectivity index (χ4v) is 2.45. The van der Waals surface area contributed by atoms with Crippen molar-refractivity contribution in [2.24, 2.45) is 0 Å². The van der Waals surface area contributed by atoms with Crippen molar-refractivity contribution in [3.05, 3.63) is 84.9 Å². The van der Waals surface area contributed by atoms with Crippen molar-refractivity contribution in [1.29, 1.82) is 0 Å². The number of hydrogen-bond donors (Lipinski definition) is 0. The third-order valence-corrected chi connectivity index (χ3v) is 3.77. The Morgan fingerprint density at radius 2 is 1.90 bits per heavy atom. The van der Waals surface area contributed by atoms with Gasteiger partial charge in [0, 0.05) is 10.2 Å². The van der Waals surface area contributed by atoms with Gasteiger partial charge in [-0.05, 0) is 26.7 Å². The summed E-state index contributed by atoms with van der Waals surface area (Å²) in [6.07, 6.45) is 16.1. The lowest BCUT2D eigenvalue weighted by Crippen LogP contribution is -2.01. The van der Waals surface area contributed by atoms with Crippen LogP contribution in [0.2, 0.25) is 0 Å². The highest BCUT2D eigenvalue weighted by atomic mass is 32.2. The molecule has 20 heavy (non-hydrogen) atoms. The van der Waals surface area contributed by atoms with Crippen LogP contribution in [0.25, 0.3) is 0 Å². The van der Waals surface area contributed by atoms with E-state index in [2.05, 4.69) is 51.5 Å². The molecule has 0 bridgehead atoms. The molecule has 1 heteroatoms. The second kappa shape index (κ2) is 11.4. The van der Waals surface area contributed by atoms with Crippen molar-refractivity contribution in [1.82, 2.24) is 0 Å². The van der Waals surface area contributed by atoms with E-state index in [-0.39, 0.29) is 0 Å². The molecule has 1 unspecified atom stereocenters. The van der Waals surface area contributed by atoms with Crippen molar-refractivity contribution < 1.29 is 0 Å². The van der Waals surface area contributed by atoms with Gasteiger partial charge in [-0.25, -0.2) is 0 Å². The molecule has 0 aromatic carbocycles. The van der Waals surface area contributed by atoms with Crippen LogP contribution in [0.5, 0.6) is 0 Å². The predicted octanol–water partition coefficient (Wildman–Crippen LogP) is 6.39. The van der Waals surface area contributed by atoms with Gasteiger partial charge in [-0.3, -0.25) is 0 Å². The maximum atomic E-state index is 3.97. The molecule has 0 heterocycles. The zero-order chi connectivity index (χ0) is 15.4. The molecule has 0 rings (SSSR count). The number of rotatable bonds is 10. The zero-order valence-electron chi connectivity index (χ0n) is 12.8. The first-order chi connectivity index (χ1) is 9.51. The van der Waals surface area contributed by atoms with Gasteiger partial charge in [0.2, 0.25) is 0 Å². The largest absolute Gasteiger partial charge is 0.119 e. The van der Waals surface area contributed by atoms with Crippen LogP contribution in [0.3, 0.4) is 0 Å². The van der Waals surface area contributed by atoms with E-state index in [9.17, 15) is 0 Å². The molecule has 0 fully saturated rings. The van der Waals surface area contributed by atoms with E-state index in [0.717, 1.165) is 23.3 Å². The van der Waals surface area contributed by atoms with Crippen LogP contribution in [0.15, 0.2) is 84.9 Å². The molecule has 0 radical (unpaired) electrons. The second-order valence-corrected chi connectivity index (χ2v) is 6.05. The molecule has 0 amide bonds. The summed E-state index contributed by atoms with van der Waals surface area (Å²) >= 11 is 1.75. The maximum Gasteiger partial charge on any atom is 0.0278 e. The van der Waals surface area contributed by atoms with Gasteiger partial charge in [0.25, 0.3) is 0 Å². The summed E-state index contributed by atoms with van der Waals surface area (Å²) in [7, 11) is 0. The summed E-state index contributed by atoms with van der Waals surface area (Å²) in [5, 5.41) is 0.396. The molecule has 0 N–H and O–H groups in total. The fourth-order valence-electron chi connectivity index (χ4n) is 1.55. The van der Waals surface area contributed by atoms with Gasteiger partial charge < -0.3 is 0 Å². The molecule has 0 aliphatic rings. The first-order valence-corrected chi connectivity index (χ1v) is 7.67. The van der Waals surface area contributed by atoms with Crippen LogP contribution in [-0.4, -0.2) is 5.25 Å². The first kappa shape index (κ1) is 18.5. The first-order valence-electron chi connectivity index (χ1n) is 6.79. The van der Waals surface area contributed by atoms with Gasteiger partial charge in [0.05, 0.1) is 0 Å². The van der Waals surface area contributed by atoms with E-state index < -0.39 is 0 Å². The Morgan fingerprint density at radius 3 is 2.45 bits per heavy atom. The molecule has 0 aliphatic heterocycles. The summed E-state index contributed by atoms with van der Waals surface area (Å²) in [5.74, 6) is 0. The van der Waals surface area contributed by atoms with E-state index in [1.54, 1.807) is 17.8 Å².